The van der Waals surface area contributed by atoms with E-state index in [2.05, 4.69) is 72.3 Å². The van der Waals surface area contributed by atoms with Crippen LogP contribution in [-0.4, -0.2) is 28.8 Å². The number of benzene rings is 1. The van der Waals surface area contributed by atoms with Gasteiger partial charge in [0, 0.05) is 30.9 Å². The number of guanidine groups is 1. The minimum atomic E-state index is 0. The van der Waals surface area contributed by atoms with Gasteiger partial charge in [-0.25, -0.2) is 0 Å². The molecule has 0 radical (unpaired) electrons. The number of rotatable bonds is 6. The van der Waals surface area contributed by atoms with Crippen molar-refractivity contribution in [2.45, 2.75) is 53.2 Å². The molecule has 0 saturated carbocycles. The van der Waals surface area contributed by atoms with Crippen LogP contribution in [-0.2, 0) is 13.1 Å². The highest BCUT2D eigenvalue weighted by Crippen LogP contribution is 2.14. The van der Waals surface area contributed by atoms with Crippen molar-refractivity contribution in [1.82, 2.24) is 20.4 Å². The highest BCUT2D eigenvalue weighted by atomic mass is 127. The van der Waals surface area contributed by atoms with E-state index in [1.54, 1.807) is 7.05 Å². The Morgan fingerprint density at radius 3 is 2.52 bits per heavy atom. The van der Waals surface area contributed by atoms with E-state index in [-0.39, 0.29) is 24.0 Å². The average Bonchev–Trinajstić information content (AvgIpc) is 2.86. The van der Waals surface area contributed by atoms with Crippen LogP contribution in [0.4, 0.5) is 0 Å². The summed E-state index contributed by atoms with van der Waals surface area (Å²) >= 11 is 0. The molecule has 0 amide bonds. The summed E-state index contributed by atoms with van der Waals surface area (Å²) in [6, 6.07) is 10.8. The Hall–Kier alpha value is -1.57. The quantitative estimate of drug-likeness (QED) is 0.398. The van der Waals surface area contributed by atoms with Gasteiger partial charge in [0.25, 0.3) is 0 Å². The van der Waals surface area contributed by atoms with Crippen LogP contribution >= 0.6 is 24.0 Å². The van der Waals surface area contributed by atoms with E-state index in [0.29, 0.717) is 6.04 Å². The Bertz CT molecular complexity index is 679. The monoisotopic (exact) mass is 455 g/mol. The van der Waals surface area contributed by atoms with Crippen LogP contribution in [0.2, 0.25) is 0 Å². The van der Waals surface area contributed by atoms with E-state index in [4.69, 9.17) is 5.10 Å². The molecule has 1 aromatic heterocycles. The van der Waals surface area contributed by atoms with Crippen molar-refractivity contribution in [2.24, 2.45) is 4.99 Å². The molecule has 0 aliphatic rings. The van der Waals surface area contributed by atoms with Crippen molar-refractivity contribution in [3.63, 3.8) is 0 Å². The first-order valence-electron chi connectivity index (χ1n) is 8.59. The topological polar surface area (TPSA) is 54.2 Å². The second-order valence-electron chi connectivity index (χ2n) is 6.17. The van der Waals surface area contributed by atoms with E-state index >= 15 is 0 Å². The fourth-order valence-corrected chi connectivity index (χ4v) is 2.60. The Kier molecular flexibility index (Phi) is 8.96. The zero-order chi connectivity index (χ0) is 17.5. The van der Waals surface area contributed by atoms with Gasteiger partial charge in [0.1, 0.15) is 0 Å². The van der Waals surface area contributed by atoms with Gasteiger partial charge in [-0.3, -0.25) is 9.67 Å². The van der Waals surface area contributed by atoms with Crippen LogP contribution in [0.5, 0.6) is 0 Å². The van der Waals surface area contributed by atoms with Gasteiger partial charge >= 0.3 is 0 Å². The lowest BCUT2D eigenvalue weighted by Crippen LogP contribution is -2.41. The van der Waals surface area contributed by atoms with E-state index in [0.717, 1.165) is 31.2 Å². The second kappa shape index (κ2) is 10.4. The number of aliphatic imine (C=N–C) groups is 1. The molecule has 1 heterocycles. The first-order chi connectivity index (χ1) is 11.5. The molecule has 6 heteroatoms. The highest BCUT2D eigenvalue weighted by molar-refractivity contribution is 14.0. The number of hydrogen-bond donors (Lipinski definition) is 2. The highest BCUT2D eigenvalue weighted by Gasteiger charge is 2.12. The Morgan fingerprint density at radius 2 is 1.92 bits per heavy atom. The third-order valence-corrected chi connectivity index (χ3v) is 4.36. The maximum Gasteiger partial charge on any atom is 0.191 e. The lowest BCUT2D eigenvalue weighted by atomic mass is 10.2. The van der Waals surface area contributed by atoms with Gasteiger partial charge in [0.2, 0.25) is 0 Å². The van der Waals surface area contributed by atoms with Gasteiger partial charge in [-0.05, 0) is 32.8 Å². The van der Waals surface area contributed by atoms with Crippen molar-refractivity contribution < 1.29 is 0 Å². The molecule has 0 spiro atoms. The maximum absolute atomic E-state index is 4.70. The van der Waals surface area contributed by atoms with E-state index < -0.39 is 0 Å². The standard InChI is InChI=1S/C19H29N5.HI/c1-6-14(2)22-19(20-5)21-12-18-15(3)23-24(16(18)4)13-17-10-8-7-9-11-17;/h7-11,14H,6,12-13H2,1-5H3,(H2,20,21,22);1H. The average molecular weight is 455 g/mol. The fourth-order valence-electron chi connectivity index (χ4n) is 2.60. The number of halogens is 1. The molecule has 0 aliphatic carbocycles. The SMILES string of the molecule is CCC(C)NC(=NC)NCc1c(C)nn(Cc2ccccc2)c1C.I. The molecule has 1 aromatic carbocycles. The maximum atomic E-state index is 4.70. The molecule has 2 N–H and O–H groups in total. The molecule has 0 saturated heterocycles. The fraction of sp³-hybridized carbons (Fsp3) is 0.474. The summed E-state index contributed by atoms with van der Waals surface area (Å²) in [7, 11) is 1.80. The van der Waals surface area contributed by atoms with Gasteiger partial charge < -0.3 is 10.6 Å². The molecule has 2 rings (SSSR count). The van der Waals surface area contributed by atoms with Crippen molar-refractivity contribution in [2.75, 3.05) is 7.05 Å². The third kappa shape index (κ3) is 6.02. The summed E-state index contributed by atoms with van der Waals surface area (Å²) in [5.41, 5.74) is 4.76. The predicted octanol–water partition coefficient (Wildman–Crippen LogP) is 3.63. The Balaban J connectivity index is 0.00000312. The minimum Gasteiger partial charge on any atom is -0.354 e. The zero-order valence-electron chi connectivity index (χ0n) is 15.8. The van der Waals surface area contributed by atoms with Crippen LogP contribution in [0.15, 0.2) is 35.3 Å². The number of nitrogens with zero attached hydrogens (tertiary/aromatic N) is 3. The minimum absolute atomic E-state index is 0. The molecule has 2 aromatic rings. The van der Waals surface area contributed by atoms with Crippen molar-refractivity contribution in [3.8, 4) is 0 Å². The van der Waals surface area contributed by atoms with E-state index in [1.807, 2.05) is 6.07 Å². The summed E-state index contributed by atoms with van der Waals surface area (Å²) < 4.78 is 2.08. The van der Waals surface area contributed by atoms with Crippen molar-refractivity contribution in [3.05, 3.63) is 52.8 Å². The molecular weight excluding hydrogens is 425 g/mol. The first kappa shape index (κ1) is 21.5. The molecular formula is C19H30IN5. The number of aryl methyl sites for hydroxylation is 1. The van der Waals surface area contributed by atoms with Crippen LogP contribution in [0, 0.1) is 13.8 Å². The van der Waals surface area contributed by atoms with Crippen molar-refractivity contribution in [1.29, 1.82) is 0 Å². The van der Waals surface area contributed by atoms with Gasteiger partial charge in [0.15, 0.2) is 5.96 Å². The van der Waals surface area contributed by atoms with E-state index in [9.17, 15) is 0 Å². The summed E-state index contributed by atoms with van der Waals surface area (Å²) in [4.78, 5) is 4.29. The summed E-state index contributed by atoms with van der Waals surface area (Å²) in [5, 5.41) is 11.5. The van der Waals surface area contributed by atoms with Gasteiger partial charge in [0.05, 0.1) is 12.2 Å². The van der Waals surface area contributed by atoms with Crippen LogP contribution in [0.25, 0.3) is 0 Å². The zero-order valence-corrected chi connectivity index (χ0v) is 18.2. The van der Waals surface area contributed by atoms with Crippen LogP contribution in [0.3, 0.4) is 0 Å². The van der Waals surface area contributed by atoms with Gasteiger partial charge in [-0.1, -0.05) is 37.3 Å². The predicted molar refractivity (Wildman–Crippen MR) is 116 cm³/mol. The lowest BCUT2D eigenvalue weighted by Gasteiger charge is -2.16. The summed E-state index contributed by atoms with van der Waals surface area (Å²) in [6.07, 6.45) is 1.06. The Labute approximate surface area is 168 Å². The molecule has 0 aliphatic heterocycles. The normalized spacial score (nSPS) is 12.4. The Morgan fingerprint density at radius 1 is 1.24 bits per heavy atom. The van der Waals surface area contributed by atoms with E-state index in [1.165, 1.54) is 16.8 Å². The molecule has 1 atom stereocenters. The first-order valence-corrected chi connectivity index (χ1v) is 8.59. The van der Waals surface area contributed by atoms with Gasteiger partial charge in [-0.15, -0.1) is 24.0 Å². The van der Waals surface area contributed by atoms with Crippen LogP contribution < -0.4 is 10.6 Å². The van der Waals surface area contributed by atoms with Crippen molar-refractivity contribution >= 4 is 29.9 Å². The molecule has 0 bridgehead atoms. The molecule has 25 heavy (non-hydrogen) atoms. The smallest absolute Gasteiger partial charge is 0.191 e. The number of aromatic nitrogens is 2. The summed E-state index contributed by atoms with van der Waals surface area (Å²) in [6.45, 7) is 10.0. The number of hydrogen-bond acceptors (Lipinski definition) is 2. The lowest BCUT2D eigenvalue weighted by molar-refractivity contribution is 0.623. The molecule has 1 unspecified atom stereocenters. The third-order valence-electron chi connectivity index (χ3n) is 4.36. The number of nitrogens with one attached hydrogen (secondary N) is 2. The van der Waals surface area contributed by atoms with Crippen LogP contribution in [0.1, 0.15) is 42.8 Å². The molecule has 5 nitrogen and oxygen atoms in total. The molecule has 0 fully saturated rings. The largest absolute Gasteiger partial charge is 0.354 e. The van der Waals surface area contributed by atoms with Gasteiger partial charge in [-0.2, -0.15) is 5.10 Å². The summed E-state index contributed by atoms with van der Waals surface area (Å²) in [5.74, 6) is 0.832. The second-order valence-corrected chi connectivity index (χ2v) is 6.17. The molecule has 138 valence electrons.